The van der Waals surface area contributed by atoms with E-state index in [0.29, 0.717) is 12.1 Å². The highest BCUT2D eigenvalue weighted by Crippen LogP contribution is 2.16. The molecule has 1 unspecified atom stereocenters. The normalized spacial score (nSPS) is 12.6. The second-order valence-corrected chi connectivity index (χ2v) is 3.14. The van der Waals surface area contributed by atoms with Crippen molar-refractivity contribution in [1.29, 1.82) is 0 Å². The van der Waals surface area contributed by atoms with Gasteiger partial charge in [0.25, 0.3) is 0 Å². The Balaban J connectivity index is 2.71. The van der Waals surface area contributed by atoms with Gasteiger partial charge < -0.3 is 10.4 Å². The van der Waals surface area contributed by atoms with Crippen LogP contribution in [-0.2, 0) is 0 Å². The summed E-state index contributed by atoms with van der Waals surface area (Å²) in [6.07, 6.45) is -0.428. The largest absolute Gasteiger partial charge is 0.392 e. The van der Waals surface area contributed by atoms with Gasteiger partial charge >= 0.3 is 0 Å². The third-order valence-corrected chi connectivity index (χ3v) is 1.86. The van der Waals surface area contributed by atoms with Crippen LogP contribution in [0.15, 0.2) is 18.2 Å². The Bertz CT molecular complexity index is 286. The number of rotatable bonds is 3. The van der Waals surface area contributed by atoms with Gasteiger partial charge in [0.1, 0.15) is 5.82 Å². The van der Waals surface area contributed by atoms with Crippen molar-refractivity contribution < 1.29 is 9.50 Å². The molecule has 72 valence electrons. The van der Waals surface area contributed by atoms with Crippen molar-refractivity contribution in [3.63, 3.8) is 0 Å². The van der Waals surface area contributed by atoms with Gasteiger partial charge in [-0.25, -0.2) is 4.39 Å². The molecule has 0 aliphatic carbocycles. The van der Waals surface area contributed by atoms with Gasteiger partial charge in [-0.2, -0.15) is 0 Å². The van der Waals surface area contributed by atoms with Crippen LogP contribution >= 0.6 is 0 Å². The fraction of sp³-hybridized carbons (Fsp3) is 0.400. The maximum absolute atomic E-state index is 13.0. The van der Waals surface area contributed by atoms with E-state index in [2.05, 4.69) is 5.32 Å². The second kappa shape index (κ2) is 4.23. The highest BCUT2D eigenvalue weighted by atomic mass is 19.1. The van der Waals surface area contributed by atoms with E-state index in [1.165, 1.54) is 6.07 Å². The molecule has 0 aliphatic rings. The van der Waals surface area contributed by atoms with Gasteiger partial charge in [0, 0.05) is 17.8 Å². The average molecular weight is 183 g/mol. The zero-order valence-corrected chi connectivity index (χ0v) is 7.84. The average Bonchev–Trinajstić information content (AvgIpc) is 2.07. The Hall–Kier alpha value is -1.09. The van der Waals surface area contributed by atoms with Gasteiger partial charge in [0.15, 0.2) is 0 Å². The van der Waals surface area contributed by atoms with E-state index in [1.807, 2.05) is 0 Å². The first kappa shape index (κ1) is 9.99. The molecule has 0 radical (unpaired) electrons. The molecule has 0 spiro atoms. The summed E-state index contributed by atoms with van der Waals surface area (Å²) in [5, 5.41) is 12.0. The van der Waals surface area contributed by atoms with Crippen LogP contribution in [0.4, 0.5) is 10.1 Å². The molecule has 1 aromatic rings. The number of hydrogen-bond donors (Lipinski definition) is 2. The quantitative estimate of drug-likeness (QED) is 0.750. The summed E-state index contributed by atoms with van der Waals surface area (Å²) in [5.41, 5.74) is 1.32. The third-order valence-electron chi connectivity index (χ3n) is 1.86. The van der Waals surface area contributed by atoms with Crippen LogP contribution in [0.1, 0.15) is 12.5 Å². The first-order chi connectivity index (χ1) is 6.11. The molecular formula is C10H14FNO. The summed E-state index contributed by atoms with van der Waals surface area (Å²) in [6.45, 7) is 3.83. The summed E-state index contributed by atoms with van der Waals surface area (Å²) in [6, 6.07) is 4.86. The first-order valence-electron chi connectivity index (χ1n) is 4.28. The SMILES string of the molecule is Cc1c(F)cccc1NCC(C)O. The van der Waals surface area contributed by atoms with E-state index in [9.17, 15) is 4.39 Å². The van der Waals surface area contributed by atoms with Crippen LogP contribution in [-0.4, -0.2) is 17.8 Å². The molecule has 0 aromatic heterocycles. The molecule has 1 atom stereocenters. The molecule has 1 rings (SSSR count). The highest BCUT2D eigenvalue weighted by molar-refractivity contribution is 5.50. The van der Waals surface area contributed by atoms with E-state index in [1.54, 1.807) is 26.0 Å². The van der Waals surface area contributed by atoms with Crippen LogP contribution in [0.3, 0.4) is 0 Å². The topological polar surface area (TPSA) is 32.3 Å². The lowest BCUT2D eigenvalue weighted by Crippen LogP contribution is -2.16. The van der Waals surface area contributed by atoms with Gasteiger partial charge in [0.05, 0.1) is 6.10 Å². The smallest absolute Gasteiger partial charge is 0.128 e. The van der Waals surface area contributed by atoms with Crippen molar-refractivity contribution >= 4 is 5.69 Å². The number of aliphatic hydroxyl groups is 1. The molecule has 0 heterocycles. The molecule has 3 heteroatoms. The Labute approximate surface area is 77.4 Å². The maximum Gasteiger partial charge on any atom is 0.128 e. The van der Waals surface area contributed by atoms with Crippen molar-refractivity contribution in [1.82, 2.24) is 0 Å². The number of benzene rings is 1. The summed E-state index contributed by atoms with van der Waals surface area (Å²) in [4.78, 5) is 0. The van der Waals surface area contributed by atoms with Crippen molar-refractivity contribution in [3.05, 3.63) is 29.6 Å². The molecule has 2 nitrogen and oxygen atoms in total. The Morgan fingerprint density at radius 3 is 2.85 bits per heavy atom. The van der Waals surface area contributed by atoms with Crippen molar-refractivity contribution in [2.75, 3.05) is 11.9 Å². The highest BCUT2D eigenvalue weighted by Gasteiger charge is 2.03. The molecule has 2 N–H and O–H groups in total. The molecule has 0 fully saturated rings. The van der Waals surface area contributed by atoms with Crippen molar-refractivity contribution in [2.45, 2.75) is 20.0 Å². The molecule has 0 saturated heterocycles. The number of aliphatic hydroxyl groups excluding tert-OH is 1. The van der Waals surface area contributed by atoms with Crippen molar-refractivity contribution in [2.24, 2.45) is 0 Å². The van der Waals surface area contributed by atoms with E-state index in [-0.39, 0.29) is 5.82 Å². The third kappa shape index (κ3) is 2.70. The van der Waals surface area contributed by atoms with Gasteiger partial charge in [-0.3, -0.25) is 0 Å². The summed E-state index contributed by atoms with van der Waals surface area (Å²) in [5.74, 6) is -0.226. The molecule has 1 aromatic carbocycles. The number of halogens is 1. The van der Waals surface area contributed by atoms with E-state index in [4.69, 9.17) is 5.11 Å². The van der Waals surface area contributed by atoms with Crippen molar-refractivity contribution in [3.8, 4) is 0 Å². The van der Waals surface area contributed by atoms with Crippen LogP contribution in [0.2, 0.25) is 0 Å². The number of nitrogens with one attached hydrogen (secondary N) is 1. The minimum absolute atomic E-state index is 0.226. The standard InChI is InChI=1S/C10H14FNO/c1-7(13)6-12-10-5-3-4-9(11)8(10)2/h3-5,7,12-13H,6H2,1-2H3. The minimum atomic E-state index is -0.428. The second-order valence-electron chi connectivity index (χ2n) is 3.14. The van der Waals surface area contributed by atoms with Crippen LogP contribution < -0.4 is 5.32 Å². The summed E-state index contributed by atoms with van der Waals surface area (Å²) < 4.78 is 13.0. The van der Waals surface area contributed by atoms with E-state index >= 15 is 0 Å². The first-order valence-corrected chi connectivity index (χ1v) is 4.28. The number of hydrogen-bond acceptors (Lipinski definition) is 2. The lowest BCUT2D eigenvalue weighted by atomic mass is 10.2. The fourth-order valence-electron chi connectivity index (χ4n) is 1.06. The Morgan fingerprint density at radius 1 is 1.54 bits per heavy atom. The summed E-state index contributed by atoms with van der Waals surface area (Å²) >= 11 is 0. The number of anilines is 1. The van der Waals surface area contributed by atoms with E-state index in [0.717, 1.165) is 5.69 Å². The zero-order valence-electron chi connectivity index (χ0n) is 7.84. The van der Waals surface area contributed by atoms with Gasteiger partial charge in [-0.1, -0.05) is 6.07 Å². The zero-order chi connectivity index (χ0) is 9.84. The van der Waals surface area contributed by atoms with Gasteiger partial charge in [-0.15, -0.1) is 0 Å². The monoisotopic (exact) mass is 183 g/mol. The predicted molar refractivity (Wildman–Crippen MR) is 51.3 cm³/mol. The molecule has 13 heavy (non-hydrogen) atoms. The fourth-order valence-corrected chi connectivity index (χ4v) is 1.06. The molecule has 0 aliphatic heterocycles. The Morgan fingerprint density at radius 2 is 2.23 bits per heavy atom. The predicted octanol–water partition coefficient (Wildman–Crippen LogP) is 1.93. The van der Waals surface area contributed by atoms with Gasteiger partial charge in [0.2, 0.25) is 0 Å². The lowest BCUT2D eigenvalue weighted by Gasteiger charge is -2.11. The minimum Gasteiger partial charge on any atom is -0.392 e. The Kier molecular flexibility index (Phi) is 3.25. The lowest BCUT2D eigenvalue weighted by molar-refractivity contribution is 0.208. The van der Waals surface area contributed by atoms with E-state index < -0.39 is 6.10 Å². The van der Waals surface area contributed by atoms with Crippen LogP contribution in [0.5, 0.6) is 0 Å². The molecule has 0 amide bonds. The summed E-state index contributed by atoms with van der Waals surface area (Å²) in [7, 11) is 0. The van der Waals surface area contributed by atoms with Crippen LogP contribution in [0, 0.1) is 12.7 Å². The molecule has 0 saturated carbocycles. The van der Waals surface area contributed by atoms with Crippen LogP contribution in [0.25, 0.3) is 0 Å². The maximum atomic E-state index is 13.0. The molecule has 0 bridgehead atoms. The van der Waals surface area contributed by atoms with Gasteiger partial charge in [-0.05, 0) is 26.0 Å². The molecular weight excluding hydrogens is 169 g/mol.